The topological polar surface area (TPSA) is 123 Å². The molecule has 5 aromatic rings. The second kappa shape index (κ2) is 9.15. The normalized spacial score (nSPS) is 12.1. The van der Waals surface area contributed by atoms with Gasteiger partial charge < -0.3 is 16.2 Å². The van der Waals surface area contributed by atoms with Crippen molar-refractivity contribution in [2.75, 3.05) is 11.1 Å². The summed E-state index contributed by atoms with van der Waals surface area (Å²) in [7, 11) is 0. The van der Waals surface area contributed by atoms with Crippen molar-refractivity contribution in [1.82, 2.24) is 24.1 Å². The maximum absolute atomic E-state index is 13.6. The van der Waals surface area contributed by atoms with E-state index in [1.165, 1.54) is 18.1 Å². The molecule has 5 rings (SSSR count). The Kier molecular flexibility index (Phi) is 5.87. The Hall–Kier alpha value is -4.31. The summed E-state index contributed by atoms with van der Waals surface area (Å²) >= 11 is 1.34. The standard InChI is InChI=1S/C25H23N7O2S/c1-15-11-12-31-20(15)25(34)32(17-7-4-3-5-8-17)24(30-31)16(2)29-23-21(22(26)27-14-28-23)35-19-10-6-9-18(33)13-19/h3-14,16,33H,1-2H3,(H3,26,27,28,29)/t16-/m0/s1. The van der Waals surface area contributed by atoms with Crippen molar-refractivity contribution in [3.63, 3.8) is 0 Å². The van der Waals surface area contributed by atoms with E-state index in [0.717, 1.165) is 10.5 Å². The molecular weight excluding hydrogens is 462 g/mol. The van der Waals surface area contributed by atoms with Gasteiger partial charge in [-0.3, -0.25) is 9.36 Å². The number of phenolic OH excluding ortho intramolecular Hbond substituents is 1. The van der Waals surface area contributed by atoms with E-state index in [9.17, 15) is 9.90 Å². The second-order valence-electron chi connectivity index (χ2n) is 8.03. The van der Waals surface area contributed by atoms with Gasteiger partial charge in [0.2, 0.25) is 0 Å². The highest BCUT2D eigenvalue weighted by atomic mass is 32.2. The van der Waals surface area contributed by atoms with Gasteiger partial charge in [-0.25, -0.2) is 14.5 Å². The summed E-state index contributed by atoms with van der Waals surface area (Å²) < 4.78 is 3.23. The van der Waals surface area contributed by atoms with Gasteiger partial charge in [0.1, 0.15) is 29.2 Å². The molecule has 0 spiro atoms. The number of rotatable bonds is 6. The van der Waals surface area contributed by atoms with E-state index >= 15 is 0 Å². The molecule has 0 aliphatic rings. The minimum absolute atomic E-state index is 0.152. The van der Waals surface area contributed by atoms with Gasteiger partial charge in [-0.15, -0.1) is 0 Å². The second-order valence-corrected chi connectivity index (χ2v) is 9.11. The molecule has 0 aliphatic carbocycles. The third-order valence-electron chi connectivity index (χ3n) is 5.54. The van der Waals surface area contributed by atoms with Gasteiger partial charge in [0, 0.05) is 11.1 Å². The SMILES string of the molecule is Cc1ccn2nc([C@H](C)Nc3ncnc(N)c3Sc3cccc(O)c3)n(-c3ccccc3)c(=O)c12. The summed E-state index contributed by atoms with van der Waals surface area (Å²) in [5, 5.41) is 18.0. The molecule has 3 heterocycles. The summed E-state index contributed by atoms with van der Waals surface area (Å²) in [5.41, 5.74) is 8.13. The minimum atomic E-state index is -0.423. The van der Waals surface area contributed by atoms with Gasteiger partial charge in [-0.2, -0.15) is 5.10 Å². The van der Waals surface area contributed by atoms with Gasteiger partial charge in [0.25, 0.3) is 5.56 Å². The van der Waals surface area contributed by atoms with Crippen LogP contribution in [0.3, 0.4) is 0 Å². The lowest BCUT2D eigenvalue weighted by atomic mass is 10.2. The van der Waals surface area contributed by atoms with Crippen LogP contribution < -0.4 is 16.6 Å². The molecule has 0 saturated heterocycles. The van der Waals surface area contributed by atoms with Crippen LogP contribution in [0, 0.1) is 6.92 Å². The molecule has 3 aromatic heterocycles. The minimum Gasteiger partial charge on any atom is -0.508 e. The maximum Gasteiger partial charge on any atom is 0.282 e. The number of hydrogen-bond acceptors (Lipinski definition) is 8. The Bertz CT molecular complexity index is 1580. The van der Waals surface area contributed by atoms with E-state index in [4.69, 9.17) is 10.8 Å². The fourth-order valence-corrected chi connectivity index (χ4v) is 4.79. The van der Waals surface area contributed by atoms with E-state index in [-0.39, 0.29) is 11.3 Å². The largest absolute Gasteiger partial charge is 0.508 e. The lowest BCUT2D eigenvalue weighted by molar-refractivity contribution is 0.474. The first-order valence-corrected chi connectivity index (χ1v) is 11.7. The third-order valence-corrected chi connectivity index (χ3v) is 6.63. The Morgan fingerprint density at radius 1 is 1.09 bits per heavy atom. The van der Waals surface area contributed by atoms with Crippen LogP contribution in [-0.2, 0) is 0 Å². The van der Waals surface area contributed by atoms with E-state index in [0.29, 0.717) is 33.6 Å². The molecule has 176 valence electrons. The zero-order valence-corrected chi connectivity index (χ0v) is 19.9. The lowest BCUT2D eigenvalue weighted by Crippen LogP contribution is -2.29. The maximum atomic E-state index is 13.6. The molecule has 4 N–H and O–H groups in total. The fourth-order valence-electron chi connectivity index (χ4n) is 3.86. The molecule has 1 atom stereocenters. The van der Waals surface area contributed by atoms with E-state index < -0.39 is 6.04 Å². The van der Waals surface area contributed by atoms with Gasteiger partial charge in [-0.1, -0.05) is 36.0 Å². The molecule has 0 amide bonds. The summed E-state index contributed by atoms with van der Waals surface area (Å²) in [4.78, 5) is 23.5. The van der Waals surface area contributed by atoms with Crippen LogP contribution in [0.15, 0.2) is 87.8 Å². The van der Waals surface area contributed by atoms with Crippen molar-refractivity contribution in [2.45, 2.75) is 29.7 Å². The van der Waals surface area contributed by atoms with Crippen LogP contribution in [0.4, 0.5) is 11.6 Å². The molecule has 0 bridgehead atoms. The summed E-state index contributed by atoms with van der Waals surface area (Å²) in [5.74, 6) is 1.46. The first-order valence-electron chi connectivity index (χ1n) is 10.9. The molecule has 9 nitrogen and oxygen atoms in total. The summed E-state index contributed by atoms with van der Waals surface area (Å²) in [6, 6.07) is 17.7. The predicted octanol–water partition coefficient (Wildman–Crippen LogP) is 4.20. The molecule has 0 fully saturated rings. The molecule has 0 aliphatic heterocycles. The average Bonchev–Trinajstić information content (AvgIpc) is 3.22. The molecule has 2 aromatic carbocycles. The Labute approximate surface area is 205 Å². The molecule has 0 unspecified atom stereocenters. The van der Waals surface area contributed by atoms with Crippen LogP contribution in [0.2, 0.25) is 0 Å². The van der Waals surface area contributed by atoms with Gasteiger partial charge in [0.15, 0.2) is 5.82 Å². The number of aryl methyl sites for hydroxylation is 1. The molecule has 0 saturated carbocycles. The summed E-state index contributed by atoms with van der Waals surface area (Å²) in [6.07, 6.45) is 3.16. The number of nitrogens with zero attached hydrogens (tertiary/aromatic N) is 5. The predicted molar refractivity (Wildman–Crippen MR) is 136 cm³/mol. The number of fused-ring (bicyclic) bond motifs is 1. The number of nitrogens with one attached hydrogen (secondary N) is 1. The van der Waals surface area contributed by atoms with Crippen LogP contribution in [0.5, 0.6) is 5.75 Å². The fraction of sp³-hybridized carbons (Fsp3) is 0.120. The van der Waals surface area contributed by atoms with Crippen molar-refractivity contribution in [3.05, 3.63) is 94.9 Å². The number of benzene rings is 2. The number of nitrogen functional groups attached to an aromatic ring is 1. The first kappa shape index (κ1) is 22.5. The highest BCUT2D eigenvalue weighted by Crippen LogP contribution is 2.37. The number of nitrogens with two attached hydrogens (primary N) is 1. The number of aromatic hydroxyl groups is 1. The smallest absolute Gasteiger partial charge is 0.282 e. The lowest BCUT2D eigenvalue weighted by Gasteiger charge is -2.21. The highest BCUT2D eigenvalue weighted by molar-refractivity contribution is 7.99. The van der Waals surface area contributed by atoms with Crippen molar-refractivity contribution >= 4 is 28.9 Å². The van der Waals surface area contributed by atoms with Gasteiger partial charge in [-0.05, 0) is 55.8 Å². The first-order chi connectivity index (χ1) is 16.9. The molecular formula is C25H23N7O2S. The quantitative estimate of drug-likeness (QED) is 0.327. The summed E-state index contributed by atoms with van der Waals surface area (Å²) in [6.45, 7) is 3.80. The molecule has 35 heavy (non-hydrogen) atoms. The van der Waals surface area contributed by atoms with E-state index in [1.54, 1.807) is 33.5 Å². The van der Waals surface area contributed by atoms with Crippen LogP contribution in [0.25, 0.3) is 11.2 Å². The van der Waals surface area contributed by atoms with Crippen molar-refractivity contribution in [2.24, 2.45) is 0 Å². The van der Waals surface area contributed by atoms with E-state index in [2.05, 4.69) is 15.3 Å². The third kappa shape index (κ3) is 4.31. The Morgan fingerprint density at radius 2 is 1.89 bits per heavy atom. The number of anilines is 2. The highest BCUT2D eigenvalue weighted by Gasteiger charge is 2.21. The Balaban J connectivity index is 1.59. The number of hydrogen-bond donors (Lipinski definition) is 3. The monoisotopic (exact) mass is 485 g/mol. The van der Waals surface area contributed by atoms with Crippen LogP contribution >= 0.6 is 11.8 Å². The zero-order valence-electron chi connectivity index (χ0n) is 19.1. The van der Waals surface area contributed by atoms with Crippen molar-refractivity contribution < 1.29 is 5.11 Å². The number of aromatic nitrogens is 5. The van der Waals surface area contributed by atoms with Gasteiger partial charge in [0.05, 0.1) is 16.6 Å². The Morgan fingerprint density at radius 3 is 2.66 bits per heavy atom. The molecule has 0 radical (unpaired) electrons. The number of para-hydroxylation sites is 1. The average molecular weight is 486 g/mol. The van der Waals surface area contributed by atoms with Gasteiger partial charge >= 0.3 is 0 Å². The number of phenols is 1. The van der Waals surface area contributed by atoms with E-state index in [1.807, 2.05) is 56.3 Å². The van der Waals surface area contributed by atoms with Crippen molar-refractivity contribution in [1.29, 1.82) is 0 Å². The van der Waals surface area contributed by atoms with Crippen LogP contribution in [-0.4, -0.2) is 29.3 Å². The molecule has 10 heteroatoms. The van der Waals surface area contributed by atoms with Crippen molar-refractivity contribution in [3.8, 4) is 11.4 Å². The van der Waals surface area contributed by atoms with Crippen LogP contribution in [0.1, 0.15) is 24.4 Å². The zero-order chi connectivity index (χ0) is 24.5.